The summed E-state index contributed by atoms with van der Waals surface area (Å²) in [6.07, 6.45) is 0. The topological polar surface area (TPSA) is 68.1 Å². The molecule has 0 fully saturated rings. The van der Waals surface area contributed by atoms with Crippen LogP contribution in [0.2, 0.25) is 5.02 Å². The lowest BCUT2D eigenvalue weighted by molar-refractivity contribution is 0.348. The molecule has 0 aliphatic carbocycles. The van der Waals surface area contributed by atoms with Gasteiger partial charge in [0.25, 0.3) is 7.37 Å². The van der Waals surface area contributed by atoms with Crippen molar-refractivity contribution in [3.63, 3.8) is 0 Å². The number of hydrogen-bond acceptors (Lipinski definition) is 3. The molecule has 3 aromatic rings. The Hall–Kier alpha value is -1.65. The first-order valence-corrected chi connectivity index (χ1v) is 9.80. The minimum absolute atomic E-state index is 0.133. The monoisotopic (exact) mass is 378 g/mol. The van der Waals surface area contributed by atoms with E-state index in [4.69, 9.17) is 34.1 Å². The highest BCUT2D eigenvalue weighted by Gasteiger charge is 2.35. The van der Waals surface area contributed by atoms with E-state index in [9.17, 15) is 4.57 Å². The fourth-order valence-corrected chi connectivity index (χ4v) is 5.55. The third-order valence-corrected chi connectivity index (χ3v) is 6.77. The number of nitrogens with one attached hydrogen (secondary N) is 1. The number of thiocarbonyl (C=S) groups is 1. The van der Waals surface area contributed by atoms with Crippen molar-refractivity contribution in [1.29, 1.82) is 0 Å². The molecule has 24 heavy (non-hydrogen) atoms. The predicted molar refractivity (Wildman–Crippen MR) is 104 cm³/mol. The Morgan fingerprint density at radius 1 is 1.29 bits per heavy atom. The zero-order valence-corrected chi connectivity index (χ0v) is 15.4. The van der Waals surface area contributed by atoms with E-state index in [-0.39, 0.29) is 11.6 Å². The molecular weight excluding hydrogens is 363 g/mol. The number of halogens is 1. The molecule has 7 heteroatoms. The smallest absolute Gasteiger partial charge is 0.264 e. The van der Waals surface area contributed by atoms with Crippen molar-refractivity contribution in [3.8, 4) is 0 Å². The summed E-state index contributed by atoms with van der Waals surface area (Å²) < 4.78 is 19.7. The quantitative estimate of drug-likeness (QED) is 0.524. The first kappa shape index (κ1) is 17.2. The van der Waals surface area contributed by atoms with Gasteiger partial charge in [0.05, 0.1) is 17.6 Å². The molecule has 0 radical (unpaired) electrons. The van der Waals surface area contributed by atoms with Gasteiger partial charge in [-0.25, -0.2) is 0 Å². The van der Waals surface area contributed by atoms with E-state index in [0.717, 1.165) is 5.52 Å². The average Bonchev–Trinajstić information content (AvgIpc) is 2.95. The van der Waals surface area contributed by atoms with E-state index >= 15 is 0 Å². The third kappa shape index (κ3) is 2.89. The lowest BCUT2D eigenvalue weighted by Gasteiger charge is -2.19. The normalized spacial score (nSPS) is 13.8. The second kappa shape index (κ2) is 6.69. The fourth-order valence-electron chi connectivity index (χ4n) is 2.71. The maximum atomic E-state index is 13.9. The second-order valence-corrected chi connectivity index (χ2v) is 8.41. The fraction of sp³-hybridized carbons (Fsp3) is 0.118. The molecule has 1 unspecified atom stereocenters. The molecule has 0 bridgehead atoms. The maximum absolute atomic E-state index is 13.9. The van der Waals surface area contributed by atoms with Crippen molar-refractivity contribution in [1.82, 2.24) is 4.98 Å². The highest BCUT2D eigenvalue weighted by atomic mass is 35.5. The Labute approximate surface area is 150 Å². The molecule has 124 valence electrons. The summed E-state index contributed by atoms with van der Waals surface area (Å²) in [5.41, 5.74) is 7.08. The standard InChI is InChI=1S/C17H16ClN2O2PS/c1-2-22-23(21,12-6-4-3-5-7-12)16-13-10-11(18)8-9-14(13)20-15(16)17(19)24/h3-10,20H,2H2,1H3,(H2,19,24). The van der Waals surface area contributed by atoms with Crippen LogP contribution in [0.5, 0.6) is 0 Å². The van der Waals surface area contributed by atoms with Crippen LogP contribution in [0.1, 0.15) is 12.6 Å². The first-order valence-electron chi connectivity index (χ1n) is 7.39. The van der Waals surface area contributed by atoms with Gasteiger partial charge in [0, 0.05) is 21.2 Å². The SMILES string of the molecule is CCOP(=O)(c1ccccc1)c1c(C(N)=S)[nH]c2ccc(Cl)cc12. The van der Waals surface area contributed by atoms with Crippen molar-refractivity contribution in [2.24, 2.45) is 5.73 Å². The van der Waals surface area contributed by atoms with Gasteiger partial charge < -0.3 is 15.2 Å². The maximum Gasteiger partial charge on any atom is 0.264 e. The Balaban J connectivity index is 2.40. The van der Waals surface area contributed by atoms with Crippen LogP contribution in [0.4, 0.5) is 0 Å². The van der Waals surface area contributed by atoms with Crippen molar-refractivity contribution < 1.29 is 9.09 Å². The second-order valence-electron chi connectivity index (χ2n) is 5.21. The minimum atomic E-state index is -3.39. The number of nitrogens with two attached hydrogens (primary N) is 1. The van der Waals surface area contributed by atoms with Gasteiger partial charge in [-0.15, -0.1) is 0 Å². The van der Waals surface area contributed by atoms with Crippen LogP contribution in [-0.4, -0.2) is 16.6 Å². The summed E-state index contributed by atoms with van der Waals surface area (Å²) in [6.45, 7) is 2.09. The summed E-state index contributed by atoms with van der Waals surface area (Å²) in [6, 6.07) is 14.4. The van der Waals surface area contributed by atoms with Crippen LogP contribution in [0.25, 0.3) is 10.9 Å². The number of benzene rings is 2. The largest absolute Gasteiger partial charge is 0.388 e. The molecule has 0 aliphatic heterocycles. The summed E-state index contributed by atoms with van der Waals surface area (Å²) in [4.78, 5) is 3.28. The number of rotatable bonds is 5. The van der Waals surface area contributed by atoms with Crippen LogP contribution in [-0.2, 0) is 9.09 Å². The molecule has 2 aromatic carbocycles. The Morgan fingerprint density at radius 3 is 2.62 bits per heavy atom. The summed E-state index contributed by atoms with van der Waals surface area (Å²) in [5, 5.41) is 2.30. The van der Waals surface area contributed by atoms with Crippen molar-refractivity contribution in [2.75, 3.05) is 6.61 Å². The van der Waals surface area contributed by atoms with Gasteiger partial charge in [-0.1, -0.05) is 42.0 Å². The number of aromatic nitrogens is 1. The van der Waals surface area contributed by atoms with E-state index in [1.165, 1.54) is 0 Å². The predicted octanol–water partition coefficient (Wildman–Crippen LogP) is 3.72. The number of hydrogen-bond donors (Lipinski definition) is 2. The molecule has 1 aromatic heterocycles. The molecule has 0 amide bonds. The number of H-pyrrole nitrogens is 1. The minimum Gasteiger partial charge on any atom is -0.388 e. The van der Waals surface area contributed by atoms with Gasteiger partial charge in [0.15, 0.2) is 0 Å². The Bertz CT molecular complexity index is 956. The zero-order chi connectivity index (χ0) is 17.3. The summed E-state index contributed by atoms with van der Waals surface area (Å²) >= 11 is 11.3. The van der Waals surface area contributed by atoms with Crippen molar-refractivity contribution in [3.05, 3.63) is 59.2 Å². The molecule has 0 spiro atoms. The number of fused-ring (bicyclic) bond motifs is 1. The van der Waals surface area contributed by atoms with E-state index in [2.05, 4.69) is 4.98 Å². The van der Waals surface area contributed by atoms with Crippen LogP contribution in [0.3, 0.4) is 0 Å². The van der Waals surface area contributed by atoms with E-state index in [0.29, 0.717) is 26.7 Å². The van der Waals surface area contributed by atoms with Gasteiger partial charge >= 0.3 is 0 Å². The van der Waals surface area contributed by atoms with Gasteiger partial charge in [0.2, 0.25) is 0 Å². The lowest BCUT2D eigenvalue weighted by Crippen LogP contribution is -2.25. The number of aromatic amines is 1. The van der Waals surface area contributed by atoms with Gasteiger partial charge in [0.1, 0.15) is 4.99 Å². The van der Waals surface area contributed by atoms with Crippen LogP contribution >= 0.6 is 31.2 Å². The van der Waals surface area contributed by atoms with Gasteiger partial charge in [-0.05, 0) is 37.3 Å². The molecule has 1 heterocycles. The van der Waals surface area contributed by atoms with E-state index in [1.807, 2.05) is 24.3 Å². The average molecular weight is 379 g/mol. The molecule has 3 N–H and O–H groups in total. The molecule has 3 rings (SSSR count). The third-order valence-electron chi connectivity index (χ3n) is 3.68. The highest BCUT2D eigenvalue weighted by Crippen LogP contribution is 2.47. The van der Waals surface area contributed by atoms with E-state index in [1.54, 1.807) is 31.2 Å². The molecule has 1 atom stereocenters. The molecular formula is C17H16ClN2O2PS. The molecule has 0 saturated carbocycles. The Kier molecular flexibility index (Phi) is 4.79. The zero-order valence-electron chi connectivity index (χ0n) is 13.0. The lowest BCUT2D eigenvalue weighted by atomic mass is 10.2. The highest BCUT2D eigenvalue weighted by molar-refractivity contribution is 7.81. The van der Waals surface area contributed by atoms with Crippen LogP contribution < -0.4 is 16.3 Å². The molecule has 4 nitrogen and oxygen atoms in total. The van der Waals surface area contributed by atoms with Crippen LogP contribution in [0.15, 0.2) is 48.5 Å². The van der Waals surface area contributed by atoms with E-state index < -0.39 is 7.37 Å². The van der Waals surface area contributed by atoms with Gasteiger partial charge in [-0.2, -0.15) is 0 Å². The Morgan fingerprint density at radius 2 is 2.00 bits per heavy atom. The molecule has 0 saturated heterocycles. The molecule has 0 aliphatic rings. The van der Waals surface area contributed by atoms with Gasteiger partial charge in [-0.3, -0.25) is 4.57 Å². The van der Waals surface area contributed by atoms with Crippen molar-refractivity contribution in [2.45, 2.75) is 6.92 Å². The van der Waals surface area contributed by atoms with Crippen molar-refractivity contribution >= 4 is 57.7 Å². The first-order chi connectivity index (χ1) is 11.5. The summed E-state index contributed by atoms with van der Waals surface area (Å²) in [7, 11) is -3.39. The van der Waals surface area contributed by atoms with Crippen LogP contribution in [0, 0.1) is 0 Å². The summed E-state index contributed by atoms with van der Waals surface area (Å²) in [5.74, 6) is 0.